The summed E-state index contributed by atoms with van der Waals surface area (Å²) < 4.78 is 21.1. The Kier molecular flexibility index (Phi) is 7.18. The number of likely N-dealkylation sites (tertiary alicyclic amines) is 1. The van der Waals surface area contributed by atoms with E-state index in [0.717, 1.165) is 26.1 Å². The van der Waals surface area contributed by atoms with Crippen molar-refractivity contribution in [2.24, 2.45) is 0 Å². The topological polar surface area (TPSA) is 57.2 Å². The summed E-state index contributed by atoms with van der Waals surface area (Å²) in [7, 11) is 4.56. The molecule has 1 fully saturated rings. The lowest BCUT2D eigenvalue weighted by Crippen LogP contribution is -2.31. The van der Waals surface area contributed by atoms with Crippen molar-refractivity contribution >= 4 is 5.97 Å². The van der Waals surface area contributed by atoms with Gasteiger partial charge in [0.05, 0.1) is 33.5 Å². The predicted octanol–water partition coefficient (Wildman–Crippen LogP) is 2.75. The molecule has 0 amide bonds. The number of nitrogens with zero attached hydrogens (tertiary/aromatic N) is 1. The predicted molar refractivity (Wildman–Crippen MR) is 91.3 cm³/mol. The highest BCUT2D eigenvalue weighted by Gasteiger charge is 2.18. The fourth-order valence-electron chi connectivity index (χ4n) is 2.92. The zero-order valence-corrected chi connectivity index (χ0v) is 14.8. The van der Waals surface area contributed by atoms with Crippen LogP contribution in [0.2, 0.25) is 0 Å². The summed E-state index contributed by atoms with van der Waals surface area (Å²) in [5.41, 5.74) is 0.391. The summed E-state index contributed by atoms with van der Waals surface area (Å²) in [6.45, 7) is 3.69. The van der Waals surface area contributed by atoms with Gasteiger partial charge in [-0.3, -0.25) is 0 Å². The molecule has 134 valence electrons. The number of methoxy groups -OCH3 is 3. The Morgan fingerprint density at radius 3 is 2.17 bits per heavy atom. The molecule has 1 aliphatic heterocycles. The first-order valence-electron chi connectivity index (χ1n) is 8.39. The Hall–Kier alpha value is -1.95. The molecule has 0 bridgehead atoms. The minimum absolute atomic E-state index is 0.382. The maximum atomic E-state index is 12.2. The standard InChI is InChI=1S/C18H27NO5/c1-21-15-12-14(13-16(22-2)17(15)23-3)18(20)24-11-7-10-19-8-5-4-6-9-19/h12-13H,4-11H2,1-3H3. The van der Waals surface area contributed by atoms with Crippen molar-refractivity contribution in [1.29, 1.82) is 0 Å². The van der Waals surface area contributed by atoms with E-state index in [2.05, 4.69) is 4.90 Å². The van der Waals surface area contributed by atoms with E-state index in [1.54, 1.807) is 12.1 Å². The van der Waals surface area contributed by atoms with E-state index in [1.165, 1.54) is 40.6 Å². The van der Waals surface area contributed by atoms with E-state index in [9.17, 15) is 4.79 Å². The van der Waals surface area contributed by atoms with Crippen molar-refractivity contribution in [3.05, 3.63) is 17.7 Å². The number of benzene rings is 1. The van der Waals surface area contributed by atoms with Gasteiger partial charge in [-0.15, -0.1) is 0 Å². The summed E-state index contributed by atoms with van der Waals surface area (Å²) in [5.74, 6) is 0.962. The van der Waals surface area contributed by atoms with Gasteiger partial charge in [0.25, 0.3) is 0 Å². The van der Waals surface area contributed by atoms with Gasteiger partial charge in [0.15, 0.2) is 11.5 Å². The molecule has 0 unspecified atom stereocenters. The van der Waals surface area contributed by atoms with E-state index >= 15 is 0 Å². The minimum atomic E-state index is -0.382. The van der Waals surface area contributed by atoms with Crippen LogP contribution in [0.4, 0.5) is 0 Å². The van der Waals surface area contributed by atoms with Crippen LogP contribution in [0.1, 0.15) is 36.0 Å². The lowest BCUT2D eigenvalue weighted by Gasteiger charge is -2.26. The van der Waals surface area contributed by atoms with Gasteiger partial charge in [0, 0.05) is 6.54 Å². The number of hydrogen-bond donors (Lipinski definition) is 0. The third kappa shape index (κ3) is 4.77. The van der Waals surface area contributed by atoms with Gasteiger partial charge >= 0.3 is 5.97 Å². The molecule has 1 heterocycles. The van der Waals surface area contributed by atoms with Crippen LogP contribution in [0.15, 0.2) is 12.1 Å². The van der Waals surface area contributed by atoms with Crippen LogP contribution in [0.25, 0.3) is 0 Å². The maximum Gasteiger partial charge on any atom is 0.338 e. The highest BCUT2D eigenvalue weighted by molar-refractivity contribution is 5.91. The van der Waals surface area contributed by atoms with Gasteiger partial charge in [-0.2, -0.15) is 0 Å². The van der Waals surface area contributed by atoms with Crippen LogP contribution in [0.3, 0.4) is 0 Å². The normalized spacial score (nSPS) is 15.0. The van der Waals surface area contributed by atoms with Gasteiger partial charge < -0.3 is 23.8 Å². The second kappa shape index (κ2) is 9.37. The van der Waals surface area contributed by atoms with E-state index in [4.69, 9.17) is 18.9 Å². The molecule has 0 saturated carbocycles. The van der Waals surface area contributed by atoms with E-state index in [1.807, 2.05) is 0 Å². The maximum absolute atomic E-state index is 12.2. The first kappa shape index (κ1) is 18.4. The lowest BCUT2D eigenvalue weighted by atomic mass is 10.1. The molecule has 1 aromatic carbocycles. The molecule has 0 radical (unpaired) electrons. The van der Waals surface area contributed by atoms with E-state index < -0.39 is 0 Å². The second-order valence-corrected chi connectivity index (χ2v) is 5.81. The largest absolute Gasteiger partial charge is 0.493 e. The summed E-state index contributed by atoms with van der Waals surface area (Å²) >= 11 is 0. The first-order valence-corrected chi connectivity index (χ1v) is 8.39. The van der Waals surface area contributed by atoms with Crippen LogP contribution >= 0.6 is 0 Å². The van der Waals surface area contributed by atoms with Gasteiger partial charge in [-0.25, -0.2) is 4.79 Å². The summed E-state index contributed by atoms with van der Waals surface area (Å²) in [6, 6.07) is 3.21. The molecule has 6 heteroatoms. The molecule has 0 N–H and O–H groups in total. The van der Waals surface area contributed by atoms with Crippen LogP contribution < -0.4 is 14.2 Å². The van der Waals surface area contributed by atoms with Crippen molar-refractivity contribution in [2.75, 3.05) is 47.6 Å². The van der Waals surface area contributed by atoms with Crippen LogP contribution in [0, 0.1) is 0 Å². The quantitative estimate of drug-likeness (QED) is 0.537. The zero-order chi connectivity index (χ0) is 17.4. The summed E-state index contributed by atoms with van der Waals surface area (Å²) in [4.78, 5) is 14.7. The molecule has 0 aliphatic carbocycles. The number of ether oxygens (including phenoxy) is 4. The molecule has 0 spiro atoms. The van der Waals surface area contributed by atoms with Crippen molar-refractivity contribution in [2.45, 2.75) is 25.7 Å². The van der Waals surface area contributed by atoms with Crippen LogP contribution in [-0.2, 0) is 4.74 Å². The van der Waals surface area contributed by atoms with Gasteiger partial charge in [-0.1, -0.05) is 6.42 Å². The highest BCUT2D eigenvalue weighted by Crippen LogP contribution is 2.38. The number of hydrogen-bond acceptors (Lipinski definition) is 6. The first-order chi connectivity index (χ1) is 11.7. The van der Waals surface area contributed by atoms with Crippen LogP contribution in [-0.4, -0.2) is 58.4 Å². The monoisotopic (exact) mass is 337 g/mol. The number of carbonyl (C=O) groups is 1. The Morgan fingerprint density at radius 1 is 1.00 bits per heavy atom. The van der Waals surface area contributed by atoms with Crippen molar-refractivity contribution in [1.82, 2.24) is 4.90 Å². The van der Waals surface area contributed by atoms with E-state index in [-0.39, 0.29) is 5.97 Å². The SMILES string of the molecule is COc1cc(C(=O)OCCCN2CCCCC2)cc(OC)c1OC. The summed E-state index contributed by atoms with van der Waals surface area (Å²) in [5, 5.41) is 0. The number of carbonyl (C=O) groups excluding carboxylic acids is 1. The average molecular weight is 337 g/mol. The molecular weight excluding hydrogens is 310 g/mol. The lowest BCUT2D eigenvalue weighted by molar-refractivity contribution is 0.0484. The van der Waals surface area contributed by atoms with Gasteiger partial charge in [0.2, 0.25) is 5.75 Å². The molecule has 1 saturated heterocycles. The van der Waals surface area contributed by atoms with E-state index in [0.29, 0.717) is 29.4 Å². The Bertz CT molecular complexity index is 515. The minimum Gasteiger partial charge on any atom is -0.493 e. The Labute approximate surface area is 143 Å². The number of rotatable bonds is 8. The molecular formula is C18H27NO5. The third-order valence-corrected chi connectivity index (χ3v) is 4.20. The third-order valence-electron chi connectivity index (χ3n) is 4.20. The smallest absolute Gasteiger partial charge is 0.338 e. The highest BCUT2D eigenvalue weighted by atomic mass is 16.5. The molecule has 0 aromatic heterocycles. The summed E-state index contributed by atoms with van der Waals surface area (Å²) in [6.07, 6.45) is 4.71. The fraction of sp³-hybridized carbons (Fsp3) is 0.611. The molecule has 24 heavy (non-hydrogen) atoms. The Balaban J connectivity index is 1.89. The van der Waals surface area contributed by atoms with Crippen molar-refractivity contribution in [3.8, 4) is 17.2 Å². The number of esters is 1. The second-order valence-electron chi connectivity index (χ2n) is 5.81. The molecule has 1 aromatic rings. The average Bonchev–Trinajstić information content (AvgIpc) is 2.64. The molecule has 2 rings (SSSR count). The van der Waals surface area contributed by atoms with Crippen molar-refractivity contribution in [3.63, 3.8) is 0 Å². The number of piperidine rings is 1. The van der Waals surface area contributed by atoms with Gasteiger partial charge in [0.1, 0.15) is 0 Å². The van der Waals surface area contributed by atoms with Crippen molar-refractivity contribution < 1.29 is 23.7 Å². The Morgan fingerprint density at radius 2 is 1.62 bits per heavy atom. The fourth-order valence-corrected chi connectivity index (χ4v) is 2.92. The molecule has 6 nitrogen and oxygen atoms in total. The van der Waals surface area contributed by atoms with Gasteiger partial charge in [-0.05, 0) is 44.5 Å². The molecule has 0 atom stereocenters. The molecule has 1 aliphatic rings. The van der Waals surface area contributed by atoms with Crippen LogP contribution in [0.5, 0.6) is 17.2 Å². The zero-order valence-electron chi connectivity index (χ0n) is 14.8.